The minimum Gasteiger partial charge on any atom is -0.494 e. The molecule has 0 fully saturated rings. The van der Waals surface area contributed by atoms with Gasteiger partial charge in [0.25, 0.3) is 0 Å². The van der Waals surface area contributed by atoms with Crippen molar-refractivity contribution in [2.45, 2.75) is 6.42 Å². The number of hydrogen-bond donors (Lipinski definition) is 0. The molecule has 0 aliphatic carbocycles. The van der Waals surface area contributed by atoms with E-state index in [1.165, 1.54) is 30.0 Å². The Hall–Kier alpha value is -2.24. The van der Waals surface area contributed by atoms with Crippen molar-refractivity contribution in [2.24, 2.45) is 7.05 Å². The average Bonchev–Trinajstić information content (AvgIpc) is 2.75. The Morgan fingerprint density at radius 2 is 2.28 bits per heavy atom. The van der Waals surface area contributed by atoms with Crippen molar-refractivity contribution in [3.05, 3.63) is 41.5 Å². The minimum atomic E-state index is -0.492. The molecule has 0 saturated heterocycles. The van der Waals surface area contributed by atoms with Crippen molar-refractivity contribution >= 4 is 5.78 Å². The van der Waals surface area contributed by atoms with Gasteiger partial charge in [-0.1, -0.05) is 5.21 Å². The van der Waals surface area contributed by atoms with Gasteiger partial charge in [0.05, 0.1) is 19.2 Å². The highest BCUT2D eigenvalue weighted by Gasteiger charge is 2.12. The topological polar surface area (TPSA) is 57.0 Å². The van der Waals surface area contributed by atoms with Crippen LogP contribution in [-0.4, -0.2) is 27.9 Å². The summed E-state index contributed by atoms with van der Waals surface area (Å²) < 4.78 is 19.6. The molecule has 0 aliphatic rings. The van der Waals surface area contributed by atoms with Crippen molar-refractivity contribution in [1.29, 1.82) is 0 Å². The summed E-state index contributed by atoms with van der Waals surface area (Å²) in [5.74, 6) is -0.595. The number of rotatable bonds is 4. The van der Waals surface area contributed by atoms with Crippen LogP contribution < -0.4 is 4.74 Å². The summed E-state index contributed by atoms with van der Waals surface area (Å²) in [6.07, 6.45) is 1.79. The third-order valence-electron chi connectivity index (χ3n) is 2.46. The molecule has 0 unspecified atom stereocenters. The molecule has 0 atom stereocenters. The SMILES string of the molecule is COc1cc(C(=O)Cc2cn(C)nn2)ccc1F. The summed E-state index contributed by atoms with van der Waals surface area (Å²) in [4.78, 5) is 11.9. The Morgan fingerprint density at radius 3 is 2.89 bits per heavy atom. The molecule has 0 amide bonds. The minimum absolute atomic E-state index is 0.0556. The summed E-state index contributed by atoms with van der Waals surface area (Å²) >= 11 is 0. The maximum atomic E-state index is 13.2. The molecule has 2 rings (SSSR count). The van der Waals surface area contributed by atoms with E-state index in [9.17, 15) is 9.18 Å². The molecule has 0 radical (unpaired) electrons. The first-order valence-electron chi connectivity index (χ1n) is 5.32. The molecule has 18 heavy (non-hydrogen) atoms. The number of carbonyl (C=O) groups is 1. The van der Waals surface area contributed by atoms with Crippen LogP contribution in [0.25, 0.3) is 0 Å². The molecule has 1 heterocycles. The van der Waals surface area contributed by atoms with Gasteiger partial charge < -0.3 is 4.74 Å². The molecule has 0 spiro atoms. The molecule has 0 aliphatic heterocycles. The van der Waals surface area contributed by atoms with E-state index < -0.39 is 5.82 Å². The second kappa shape index (κ2) is 4.95. The van der Waals surface area contributed by atoms with Gasteiger partial charge in [0.2, 0.25) is 0 Å². The molecule has 2 aromatic rings. The molecule has 94 valence electrons. The lowest BCUT2D eigenvalue weighted by molar-refractivity contribution is 0.0991. The van der Waals surface area contributed by atoms with E-state index in [4.69, 9.17) is 4.74 Å². The molecular weight excluding hydrogens is 237 g/mol. The van der Waals surface area contributed by atoms with Gasteiger partial charge in [-0.15, -0.1) is 5.10 Å². The van der Waals surface area contributed by atoms with Crippen LogP contribution in [0.4, 0.5) is 4.39 Å². The number of Topliss-reactive ketones (excluding diaryl/α,β-unsaturated/α-hetero) is 1. The number of aryl methyl sites for hydroxylation is 1. The third-order valence-corrected chi connectivity index (χ3v) is 2.46. The maximum absolute atomic E-state index is 13.2. The van der Waals surface area contributed by atoms with Crippen molar-refractivity contribution < 1.29 is 13.9 Å². The Morgan fingerprint density at radius 1 is 1.50 bits per heavy atom. The number of nitrogens with zero attached hydrogens (tertiary/aromatic N) is 3. The summed E-state index contributed by atoms with van der Waals surface area (Å²) in [5, 5.41) is 7.57. The van der Waals surface area contributed by atoms with Crippen molar-refractivity contribution in [1.82, 2.24) is 15.0 Å². The Bertz CT molecular complexity index is 580. The molecule has 0 saturated carbocycles. The normalized spacial score (nSPS) is 10.4. The fourth-order valence-corrected chi connectivity index (χ4v) is 1.58. The zero-order valence-corrected chi connectivity index (χ0v) is 10.1. The van der Waals surface area contributed by atoms with Crippen LogP contribution in [0.2, 0.25) is 0 Å². The highest BCUT2D eigenvalue weighted by Crippen LogP contribution is 2.19. The molecule has 6 heteroatoms. The summed E-state index contributed by atoms with van der Waals surface area (Å²) in [5.41, 5.74) is 0.963. The largest absolute Gasteiger partial charge is 0.494 e. The van der Waals surface area contributed by atoms with Gasteiger partial charge in [0, 0.05) is 18.8 Å². The predicted octanol–water partition coefficient (Wildman–Crippen LogP) is 1.39. The predicted molar refractivity (Wildman–Crippen MR) is 62.0 cm³/mol. The number of halogens is 1. The van der Waals surface area contributed by atoms with E-state index in [0.717, 1.165) is 0 Å². The number of ether oxygens (including phenoxy) is 1. The lowest BCUT2D eigenvalue weighted by Crippen LogP contribution is -2.04. The van der Waals surface area contributed by atoms with Gasteiger partial charge in [-0.05, 0) is 18.2 Å². The van der Waals surface area contributed by atoms with Crippen molar-refractivity contribution in [3.8, 4) is 5.75 Å². The van der Waals surface area contributed by atoms with Gasteiger partial charge in [-0.3, -0.25) is 9.48 Å². The standard InChI is InChI=1S/C12H12FN3O2/c1-16-7-9(14-15-16)6-11(17)8-3-4-10(13)12(5-8)18-2/h3-5,7H,6H2,1-2H3. The second-order valence-electron chi connectivity index (χ2n) is 3.83. The van der Waals surface area contributed by atoms with Gasteiger partial charge in [-0.25, -0.2) is 4.39 Å². The van der Waals surface area contributed by atoms with Crippen molar-refractivity contribution in [3.63, 3.8) is 0 Å². The van der Waals surface area contributed by atoms with Crippen LogP contribution >= 0.6 is 0 Å². The number of ketones is 1. The Kier molecular flexibility index (Phi) is 3.36. The molecule has 5 nitrogen and oxygen atoms in total. The molecule has 1 aromatic heterocycles. The molecular formula is C12H12FN3O2. The quantitative estimate of drug-likeness (QED) is 0.768. The van der Waals surface area contributed by atoms with Crippen LogP contribution in [0.1, 0.15) is 16.1 Å². The molecule has 0 bridgehead atoms. The van der Waals surface area contributed by atoms with Gasteiger partial charge in [0.1, 0.15) is 0 Å². The fourth-order valence-electron chi connectivity index (χ4n) is 1.58. The number of aromatic nitrogens is 3. The summed E-state index contributed by atoms with van der Waals surface area (Å²) in [7, 11) is 3.08. The van der Waals surface area contributed by atoms with E-state index in [-0.39, 0.29) is 18.0 Å². The summed E-state index contributed by atoms with van der Waals surface area (Å²) in [6.45, 7) is 0. The van der Waals surface area contributed by atoms with E-state index in [1.807, 2.05) is 0 Å². The lowest BCUT2D eigenvalue weighted by Gasteiger charge is -2.04. The lowest BCUT2D eigenvalue weighted by atomic mass is 10.1. The Balaban J connectivity index is 2.18. The van der Waals surface area contributed by atoms with Crippen LogP contribution in [0.3, 0.4) is 0 Å². The van der Waals surface area contributed by atoms with Gasteiger partial charge in [-0.2, -0.15) is 0 Å². The van der Waals surface area contributed by atoms with E-state index >= 15 is 0 Å². The number of benzene rings is 1. The van der Waals surface area contributed by atoms with Crippen molar-refractivity contribution in [2.75, 3.05) is 7.11 Å². The zero-order valence-electron chi connectivity index (χ0n) is 10.1. The van der Waals surface area contributed by atoms with Crippen LogP contribution in [0.15, 0.2) is 24.4 Å². The first kappa shape index (κ1) is 12.2. The summed E-state index contributed by atoms with van der Waals surface area (Å²) in [6, 6.07) is 4.02. The van der Waals surface area contributed by atoms with E-state index in [2.05, 4.69) is 10.3 Å². The van der Waals surface area contributed by atoms with E-state index in [1.54, 1.807) is 13.2 Å². The highest BCUT2D eigenvalue weighted by molar-refractivity contribution is 5.97. The molecule has 1 aromatic carbocycles. The second-order valence-corrected chi connectivity index (χ2v) is 3.83. The number of methoxy groups -OCH3 is 1. The highest BCUT2D eigenvalue weighted by atomic mass is 19.1. The number of hydrogen-bond acceptors (Lipinski definition) is 4. The first-order valence-corrected chi connectivity index (χ1v) is 5.32. The number of carbonyl (C=O) groups excluding carboxylic acids is 1. The van der Waals surface area contributed by atoms with E-state index in [0.29, 0.717) is 11.3 Å². The zero-order chi connectivity index (χ0) is 13.1. The van der Waals surface area contributed by atoms with Gasteiger partial charge >= 0.3 is 0 Å². The maximum Gasteiger partial charge on any atom is 0.169 e. The Labute approximate surface area is 103 Å². The smallest absolute Gasteiger partial charge is 0.169 e. The van der Waals surface area contributed by atoms with Gasteiger partial charge in [0.15, 0.2) is 17.3 Å². The average molecular weight is 249 g/mol. The van der Waals surface area contributed by atoms with Crippen LogP contribution in [0.5, 0.6) is 5.75 Å². The third kappa shape index (κ3) is 2.53. The van der Waals surface area contributed by atoms with Crippen LogP contribution in [-0.2, 0) is 13.5 Å². The monoisotopic (exact) mass is 249 g/mol. The van der Waals surface area contributed by atoms with Crippen LogP contribution in [0, 0.1) is 5.82 Å². The molecule has 0 N–H and O–H groups in total. The fraction of sp³-hybridized carbons (Fsp3) is 0.250. The first-order chi connectivity index (χ1) is 8.60.